The molecule has 8 nitrogen and oxygen atoms in total. The van der Waals surface area contributed by atoms with Gasteiger partial charge in [0.05, 0.1) is 5.75 Å². The second-order valence-electron chi connectivity index (χ2n) is 5.98. The van der Waals surface area contributed by atoms with Gasteiger partial charge in [-0.05, 0) is 44.0 Å². The zero-order valence-electron chi connectivity index (χ0n) is 14.1. The molecule has 26 heavy (non-hydrogen) atoms. The van der Waals surface area contributed by atoms with E-state index in [1.54, 1.807) is 12.1 Å². The zero-order chi connectivity index (χ0) is 18.1. The van der Waals surface area contributed by atoms with E-state index in [9.17, 15) is 4.39 Å². The summed E-state index contributed by atoms with van der Waals surface area (Å²) < 4.78 is 15.2. The SMILES string of the molecule is Cc1nnc(SCc2nc(N)nc(Nc3ccc(F)cc3)n2)n1C1CC1. The monoisotopic (exact) mass is 372 g/mol. The highest BCUT2D eigenvalue weighted by Gasteiger charge is 2.28. The van der Waals surface area contributed by atoms with Crippen molar-refractivity contribution in [3.8, 4) is 0 Å². The lowest BCUT2D eigenvalue weighted by Crippen LogP contribution is -2.07. The van der Waals surface area contributed by atoms with Crippen molar-refractivity contribution in [2.75, 3.05) is 11.1 Å². The maximum absolute atomic E-state index is 13.0. The molecule has 0 unspecified atom stereocenters. The van der Waals surface area contributed by atoms with Gasteiger partial charge in [0, 0.05) is 11.7 Å². The summed E-state index contributed by atoms with van der Waals surface area (Å²) in [7, 11) is 0. The minimum Gasteiger partial charge on any atom is -0.368 e. The summed E-state index contributed by atoms with van der Waals surface area (Å²) >= 11 is 1.52. The summed E-state index contributed by atoms with van der Waals surface area (Å²) in [6.07, 6.45) is 2.33. The van der Waals surface area contributed by atoms with E-state index < -0.39 is 0 Å². The molecule has 1 fully saturated rings. The van der Waals surface area contributed by atoms with Crippen molar-refractivity contribution in [3.63, 3.8) is 0 Å². The minimum atomic E-state index is -0.308. The Balaban J connectivity index is 1.48. The lowest BCUT2D eigenvalue weighted by Gasteiger charge is -2.08. The summed E-state index contributed by atoms with van der Waals surface area (Å²) in [5.41, 5.74) is 6.46. The van der Waals surface area contributed by atoms with Crippen molar-refractivity contribution in [2.45, 2.75) is 36.7 Å². The van der Waals surface area contributed by atoms with Gasteiger partial charge in [0.15, 0.2) is 5.16 Å². The number of anilines is 3. The summed E-state index contributed by atoms with van der Waals surface area (Å²) in [6.45, 7) is 1.96. The van der Waals surface area contributed by atoms with Crippen LogP contribution in [-0.4, -0.2) is 29.7 Å². The molecular weight excluding hydrogens is 355 g/mol. The second kappa shape index (κ2) is 6.87. The second-order valence-corrected chi connectivity index (χ2v) is 6.93. The molecule has 0 aliphatic heterocycles. The molecule has 0 radical (unpaired) electrons. The average Bonchev–Trinajstić information content (AvgIpc) is 3.37. The summed E-state index contributed by atoms with van der Waals surface area (Å²) in [6, 6.07) is 6.43. The number of nitrogens with two attached hydrogens (primary N) is 1. The van der Waals surface area contributed by atoms with Gasteiger partial charge in [-0.1, -0.05) is 11.8 Å². The maximum atomic E-state index is 13.0. The predicted molar refractivity (Wildman–Crippen MR) is 96.5 cm³/mol. The molecule has 4 rings (SSSR count). The first kappa shape index (κ1) is 16.7. The highest BCUT2D eigenvalue weighted by Crippen LogP contribution is 2.38. The van der Waals surface area contributed by atoms with Gasteiger partial charge >= 0.3 is 0 Å². The highest BCUT2D eigenvalue weighted by molar-refractivity contribution is 7.98. The topological polar surface area (TPSA) is 107 Å². The van der Waals surface area contributed by atoms with E-state index in [4.69, 9.17) is 5.73 Å². The molecule has 0 saturated heterocycles. The van der Waals surface area contributed by atoms with Crippen LogP contribution in [0, 0.1) is 12.7 Å². The number of hydrogen-bond donors (Lipinski definition) is 2. The van der Waals surface area contributed by atoms with Crippen LogP contribution < -0.4 is 11.1 Å². The lowest BCUT2D eigenvalue weighted by molar-refractivity contribution is 0.628. The Morgan fingerprint density at radius 1 is 1.19 bits per heavy atom. The van der Waals surface area contributed by atoms with Crippen LogP contribution in [0.2, 0.25) is 0 Å². The molecule has 1 aliphatic carbocycles. The lowest BCUT2D eigenvalue weighted by atomic mass is 10.3. The number of rotatable bonds is 6. The zero-order valence-corrected chi connectivity index (χ0v) is 14.9. The molecule has 1 saturated carbocycles. The Morgan fingerprint density at radius 3 is 2.69 bits per heavy atom. The van der Waals surface area contributed by atoms with Gasteiger partial charge in [-0.15, -0.1) is 10.2 Å². The van der Waals surface area contributed by atoms with Gasteiger partial charge in [0.2, 0.25) is 11.9 Å². The van der Waals surface area contributed by atoms with Crippen LogP contribution in [-0.2, 0) is 5.75 Å². The molecule has 0 bridgehead atoms. The summed E-state index contributed by atoms with van der Waals surface area (Å²) in [5.74, 6) is 2.09. The third-order valence-electron chi connectivity index (χ3n) is 3.88. The van der Waals surface area contributed by atoms with Gasteiger partial charge in [-0.2, -0.15) is 15.0 Å². The van der Waals surface area contributed by atoms with Gasteiger partial charge in [-0.3, -0.25) is 0 Å². The third-order valence-corrected chi connectivity index (χ3v) is 4.82. The van der Waals surface area contributed by atoms with Crippen molar-refractivity contribution in [3.05, 3.63) is 41.7 Å². The Morgan fingerprint density at radius 2 is 1.96 bits per heavy atom. The Kier molecular flexibility index (Phi) is 4.41. The number of hydrogen-bond acceptors (Lipinski definition) is 8. The van der Waals surface area contributed by atoms with Crippen LogP contribution >= 0.6 is 11.8 Å². The fourth-order valence-corrected chi connectivity index (χ4v) is 3.46. The molecule has 0 amide bonds. The first-order chi connectivity index (χ1) is 12.6. The number of thioether (sulfide) groups is 1. The van der Waals surface area contributed by atoms with Crippen LogP contribution in [0.5, 0.6) is 0 Å². The molecule has 0 atom stereocenters. The van der Waals surface area contributed by atoms with E-state index in [1.807, 2.05) is 6.92 Å². The number of nitrogens with one attached hydrogen (secondary N) is 1. The number of nitrogens with zero attached hydrogens (tertiary/aromatic N) is 6. The fraction of sp³-hybridized carbons (Fsp3) is 0.312. The molecule has 1 aliphatic rings. The van der Waals surface area contributed by atoms with Crippen molar-refractivity contribution in [2.24, 2.45) is 0 Å². The molecular formula is C16H17FN8S. The van der Waals surface area contributed by atoms with Crippen LogP contribution in [0.3, 0.4) is 0 Å². The van der Waals surface area contributed by atoms with Gasteiger partial charge in [-0.25, -0.2) is 4.39 Å². The average molecular weight is 372 g/mol. The molecule has 10 heteroatoms. The van der Waals surface area contributed by atoms with Crippen LogP contribution in [0.15, 0.2) is 29.4 Å². The third kappa shape index (κ3) is 3.74. The fourth-order valence-electron chi connectivity index (χ4n) is 2.55. The van der Waals surface area contributed by atoms with Gasteiger partial charge in [0.25, 0.3) is 0 Å². The molecule has 3 aromatic rings. The Hall–Kier alpha value is -2.75. The van der Waals surface area contributed by atoms with E-state index in [0.717, 1.165) is 23.8 Å². The first-order valence-corrected chi connectivity index (χ1v) is 9.14. The Labute approximate surface area is 153 Å². The number of halogens is 1. The largest absolute Gasteiger partial charge is 0.368 e. The number of benzene rings is 1. The molecule has 1 aromatic carbocycles. The first-order valence-electron chi connectivity index (χ1n) is 8.16. The Bertz CT molecular complexity index is 922. The molecule has 0 spiro atoms. The predicted octanol–water partition coefficient (Wildman–Crippen LogP) is 2.86. The summed E-state index contributed by atoms with van der Waals surface area (Å²) in [4.78, 5) is 12.6. The van der Waals surface area contributed by atoms with E-state index in [2.05, 4.69) is 35.0 Å². The van der Waals surface area contributed by atoms with Gasteiger partial charge in [0.1, 0.15) is 17.5 Å². The van der Waals surface area contributed by atoms with E-state index >= 15 is 0 Å². The maximum Gasteiger partial charge on any atom is 0.232 e. The quantitative estimate of drug-likeness (QED) is 0.636. The van der Waals surface area contributed by atoms with Crippen LogP contribution in [0.25, 0.3) is 0 Å². The molecule has 2 heterocycles. The number of aryl methyl sites for hydroxylation is 1. The van der Waals surface area contributed by atoms with Gasteiger partial charge < -0.3 is 15.6 Å². The standard InChI is InChI=1S/C16H17FN8S/c1-9-23-24-16(25(9)12-6-7-12)26-8-13-20-14(18)22-15(21-13)19-11-4-2-10(17)3-5-11/h2-5,12H,6-8H2,1H3,(H3,18,19,20,21,22). The van der Waals surface area contributed by atoms with Crippen molar-refractivity contribution >= 4 is 29.3 Å². The normalized spacial score (nSPS) is 13.8. The minimum absolute atomic E-state index is 0.125. The molecule has 2 aromatic heterocycles. The smallest absolute Gasteiger partial charge is 0.232 e. The highest BCUT2D eigenvalue weighted by atomic mass is 32.2. The number of nitrogen functional groups attached to an aromatic ring is 1. The van der Waals surface area contributed by atoms with Crippen molar-refractivity contribution in [1.82, 2.24) is 29.7 Å². The summed E-state index contributed by atoms with van der Waals surface area (Å²) in [5, 5.41) is 12.3. The van der Waals surface area contributed by atoms with Crippen molar-refractivity contribution < 1.29 is 4.39 Å². The molecule has 134 valence electrons. The van der Waals surface area contributed by atoms with Crippen LogP contribution in [0.1, 0.15) is 30.5 Å². The number of aromatic nitrogens is 6. The van der Waals surface area contributed by atoms with E-state index in [1.165, 1.54) is 23.9 Å². The molecule has 3 N–H and O–H groups in total. The van der Waals surface area contributed by atoms with E-state index in [0.29, 0.717) is 29.3 Å². The van der Waals surface area contributed by atoms with Crippen LogP contribution in [0.4, 0.5) is 22.0 Å². The van der Waals surface area contributed by atoms with Crippen molar-refractivity contribution in [1.29, 1.82) is 0 Å². The van der Waals surface area contributed by atoms with E-state index in [-0.39, 0.29) is 11.8 Å².